The summed E-state index contributed by atoms with van der Waals surface area (Å²) in [7, 11) is 0. The van der Waals surface area contributed by atoms with Gasteiger partial charge in [-0.05, 0) is 41.0 Å². The van der Waals surface area contributed by atoms with Crippen molar-refractivity contribution in [3.05, 3.63) is 12.2 Å². The van der Waals surface area contributed by atoms with Gasteiger partial charge in [0, 0.05) is 6.04 Å². The molecule has 0 aromatic carbocycles. The van der Waals surface area contributed by atoms with Gasteiger partial charge in [0.1, 0.15) is 5.60 Å². The summed E-state index contributed by atoms with van der Waals surface area (Å²) in [6.07, 6.45) is 4.46. The molecule has 82 valence electrons. The largest absolute Gasteiger partial charge is 0.444 e. The van der Waals surface area contributed by atoms with Gasteiger partial charge in [-0.1, -0.05) is 12.2 Å². The first-order valence-corrected chi connectivity index (χ1v) is 4.96. The first-order valence-electron chi connectivity index (χ1n) is 4.96. The molecule has 0 unspecified atom stereocenters. The number of rotatable bonds is 3. The molecule has 1 amide bonds. The Morgan fingerprint density at radius 1 is 1.50 bits per heavy atom. The number of amides is 1. The van der Waals surface area contributed by atoms with E-state index < -0.39 is 5.60 Å². The van der Waals surface area contributed by atoms with E-state index in [-0.39, 0.29) is 12.1 Å². The molecular formula is C11H21NO2. The fourth-order valence-electron chi connectivity index (χ4n) is 0.908. The van der Waals surface area contributed by atoms with Crippen molar-refractivity contribution in [1.29, 1.82) is 0 Å². The molecule has 0 spiro atoms. The molecule has 0 aromatic heterocycles. The number of nitrogens with one attached hydrogen (secondary N) is 1. The number of carbonyl (C=O) groups is 1. The average molecular weight is 199 g/mol. The topological polar surface area (TPSA) is 38.3 Å². The van der Waals surface area contributed by atoms with Gasteiger partial charge in [-0.15, -0.1) is 0 Å². The standard InChI is InChI=1S/C11H21NO2/c1-6-7-8-9(2)12-10(13)14-11(3,4)5/h6-7,9H,8H2,1-5H3,(H,12,13)/t9-/m0/s1. The predicted octanol–water partition coefficient (Wildman–Crippen LogP) is 2.87. The highest BCUT2D eigenvalue weighted by Gasteiger charge is 2.16. The summed E-state index contributed by atoms with van der Waals surface area (Å²) in [4.78, 5) is 11.3. The first kappa shape index (κ1) is 13.0. The second-order valence-electron chi connectivity index (χ2n) is 4.35. The maximum Gasteiger partial charge on any atom is 0.407 e. The summed E-state index contributed by atoms with van der Waals surface area (Å²) < 4.78 is 5.11. The summed E-state index contributed by atoms with van der Waals surface area (Å²) in [6, 6.07) is 0.112. The number of ether oxygens (including phenoxy) is 1. The van der Waals surface area contributed by atoms with Crippen molar-refractivity contribution in [1.82, 2.24) is 5.32 Å². The zero-order valence-corrected chi connectivity index (χ0v) is 9.76. The Hall–Kier alpha value is -0.990. The SMILES string of the molecule is CC=CC[C@H](C)NC(=O)OC(C)(C)C. The lowest BCUT2D eigenvalue weighted by atomic mass is 10.2. The van der Waals surface area contributed by atoms with Crippen LogP contribution in [0.3, 0.4) is 0 Å². The van der Waals surface area contributed by atoms with Gasteiger partial charge in [0.15, 0.2) is 0 Å². The summed E-state index contributed by atoms with van der Waals surface area (Å²) >= 11 is 0. The molecule has 0 heterocycles. The highest BCUT2D eigenvalue weighted by Crippen LogP contribution is 2.07. The highest BCUT2D eigenvalue weighted by atomic mass is 16.6. The van der Waals surface area contributed by atoms with Crippen molar-refractivity contribution >= 4 is 6.09 Å². The van der Waals surface area contributed by atoms with Crippen LogP contribution < -0.4 is 5.32 Å². The van der Waals surface area contributed by atoms with Gasteiger partial charge in [-0.25, -0.2) is 4.79 Å². The predicted molar refractivity (Wildman–Crippen MR) is 58.3 cm³/mol. The Bertz CT molecular complexity index is 204. The van der Waals surface area contributed by atoms with Crippen molar-refractivity contribution in [2.45, 2.75) is 52.7 Å². The highest BCUT2D eigenvalue weighted by molar-refractivity contribution is 5.68. The van der Waals surface area contributed by atoms with Crippen LogP contribution in [0.25, 0.3) is 0 Å². The summed E-state index contributed by atoms with van der Waals surface area (Å²) in [5, 5.41) is 2.76. The number of allylic oxidation sites excluding steroid dienone is 1. The number of alkyl carbamates (subject to hydrolysis) is 1. The molecule has 0 aliphatic rings. The normalized spacial score (nSPS) is 14.1. The van der Waals surface area contributed by atoms with Crippen molar-refractivity contribution in [3.8, 4) is 0 Å². The smallest absolute Gasteiger partial charge is 0.407 e. The van der Waals surface area contributed by atoms with Crippen LogP contribution in [0.1, 0.15) is 41.0 Å². The zero-order chi connectivity index (χ0) is 11.2. The number of hydrogen-bond acceptors (Lipinski definition) is 2. The van der Waals surface area contributed by atoms with E-state index >= 15 is 0 Å². The Morgan fingerprint density at radius 2 is 2.07 bits per heavy atom. The first-order chi connectivity index (χ1) is 6.35. The Labute approximate surface area is 86.5 Å². The second-order valence-corrected chi connectivity index (χ2v) is 4.35. The summed E-state index contributed by atoms with van der Waals surface area (Å²) in [5.74, 6) is 0. The van der Waals surface area contributed by atoms with Crippen LogP contribution in [0.2, 0.25) is 0 Å². The molecule has 3 heteroatoms. The number of hydrogen-bond donors (Lipinski definition) is 1. The molecule has 14 heavy (non-hydrogen) atoms. The van der Waals surface area contributed by atoms with E-state index in [0.29, 0.717) is 0 Å². The van der Waals surface area contributed by atoms with E-state index in [0.717, 1.165) is 6.42 Å². The second kappa shape index (κ2) is 5.68. The summed E-state index contributed by atoms with van der Waals surface area (Å²) in [5.41, 5.74) is -0.426. The summed E-state index contributed by atoms with van der Waals surface area (Å²) in [6.45, 7) is 9.46. The molecule has 0 rings (SSSR count). The molecule has 0 aliphatic heterocycles. The van der Waals surface area contributed by atoms with Crippen LogP contribution in [0, 0.1) is 0 Å². The van der Waals surface area contributed by atoms with Crippen molar-refractivity contribution in [2.24, 2.45) is 0 Å². The van der Waals surface area contributed by atoms with Crippen LogP contribution in [0.4, 0.5) is 4.79 Å². The van der Waals surface area contributed by atoms with Crippen molar-refractivity contribution in [2.75, 3.05) is 0 Å². The van der Waals surface area contributed by atoms with E-state index in [2.05, 4.69) is 5.32 Å². The fraction of sp³-hybridized carbons (Fsp3) is 0.727. The van der Waals surface area contributed by atoms with Crippen LogP contribution in [0.5, 0.6) is 0 Å². The molecule has 3 nitrogen and oxygen atoms in total. The van der Waals surface area contributed by atoms with Gasteiger partial charge in [-0.2, -0.15) is 0 Å². The van der Waals surface area contributed by atoms with E-state index in [9.17, 15) is 4.79 Å². The lowest BCUT2D eigenvalue weighted by Gasteiger charge is -2.21. The third-order valence-electron chi connectivity index (χ3n) is 1.49. The molecule has 0 bridgehead atoms. The molecule has 0 radical (unpaired) electrons. The minimum atomic E-state index is -0.426. The van der Waals surface area contributed by atoms with Crippen LogP contribution >= 0.6 is 0 Å². The molecule has 1 atom stereocenters. The van der Waals surface area contributed by atoms with Gasteiger partial charge >= 0.3 is 6.09 Å². The van der Waals surface area contributed by atoms with E-state index in [4.69, 9.17) is 4.74 Å². The van der Waals surface area contributed by atoms with Crippen molar-refractivity contribution in [3.63, 3.8) is 0 Å². The van der Waals surface area contributed by atoms with E-state index in [1.807, 2.05) is 46.8 Å². The molecule has 0 saturated heterocycles. The molecule has 0 aromatic rings. The van der Waals surface area contributed by atoms with E-state index in [1.54, 1.807) is 0 Å². The van der Waals surface area contributed by atoms with Crippen molar-refractivity contribution < 1.29 is 9.53 Å². The minimum absolute atomic E-state index is 0.112. The zero-order valence-electron chi connectivity index (χ0n) is 9.76. The number of carbonyl (C=O) groups excluding carboxylic acids is 1. The van der Waals surface area contributed by atoms with Gasteiger partial charge in [0.25, 0.3) is 0 Å². The quantitative estimate of drug-likeness (QED) is 0.710. The Kier molecular flexibility index (Phi) is 5.28. The van der Waals surface area contributed by atoms with Crippen LogP contribution in [-0.2, 0) is 4.74 Å². The van der Waals surface area contributed by atoms with E-state index in [1.165, 1.54) is 0 Å². The lowest BCUT2D eigenvalue weighted by Crippen LogP contribution is -2.37. The molecule has 0 saturated carbocycles. The third kappa shape index (κ3) is 7.65. The van der Waals surface area contributed by atoms with Crippen LogP contribution in [0.15, 0.2) is 12.2 Å². The van der Waals surface area contributed by atoms with Crippen LogP contribution in [-0.4, -0.2) is 17.7 Å². The maximum absolute atomic E-state index is 11.3. The van der Waals surface area contributed by atoms with Gasteiger partial charge in [0.2, 0.25) is 0 Å². The Balaban J connectivity index is 3.83. The molecule has 0 aliphatic carbocycles. The molecule has 1 N–H and O–H groups in total. The third-order valence-corrected chi connectivity index (χ3v) is 1.49. The fourth-order valence-corrected chi connectivity index (χ4v) is 0.908. The lowest BCUT2D eigenvalue weighted by molar-refractivity contribution is 0.0509. The monoisotopic (exact) mass is 199 g/mol. The Morgan fingerprint density at radius 3 is 2.50 bits per heavy atom. The average Bonchev–Trinajstić information content (AvgIpc) is 1.96. The molecule has 0 fully saturated rings. The maximum atomic E-state index is 11.3. The van der Waals surface area contributed by atoms with Gasteiger partial charge in [-0.3, -0.25) is 0 Å². The van der Waals surface area contributed by atoms with Gasteiger partial charge in [0.05, 0.1) is 0 Å². The minimum Gasteiger partial charge on any atom is -0.444 e. The van der Waals surface area contributed by atoms with Gasteiger partial charge < -0.3 is 10.1 Å². The molecular weight excluding hydrogens is 178 g/mol.